The van der Waals surface area contributed by atoms with Crippen LogP contribution < -0.4 is 15.1 Å². The zero-order chi connectivity index (χ0) is 29.8. The fourth-order valence-electron chi connectivity index (χ4n) is 7.66. The first-order valence-corrected chi connectivity index (χ1v) is 16.1. The number of ether oxygens (including phenoxy) is 1. The van der Waals surface area contributed by atoms with Gasteiger partial charge >= 0.3 is 0 Å². The molecule has 0 bridgehead atoms. The number of anilines is 3. The molecule has 11 heteroatoms. The number of hydrogen-bond donors (Lipinski definition) is 1. The van der Waals surface area contributed by atoms with Gasteiger partial charge in [-0.2, -0.15) is 5.10 Å². The molecule has 0 unspecified atom stereocenters. The molecule has 0 saturated carbocycles. The molecule has 4 aliphatic rings. The third-order valence-corrected chi connectivity index (χ3v) is 9.94. The molecule has 8 rings (SSSR count). The molecule has 3 aromatic heterocycles. The van der Waals surface area contributed by atoms with Gasteiger partial charge in [-0.15, -0.1) is 0 Å². The summed E-state index contributed by atoms with van der Waals surface area (Å²) in [5, 5.41) is 8.66. The molecular weight excluding hydrogens is 562 g/mol. The molecule has 7 heterocycles. The summed E-state index contributed by atoms with van der Waals surface area (Å²) in [6.45, 7) is 7.67. The van der Waals surface area contributed by atoms with Crippen molar-refractivity contribution in [1.82, 2.24) is 29.4 Å². The Morgan fingerprint density at radius 1 is 1.00 bits per heavy atom. The summed E-state index contributed by atoms with van der Waals surface area (Å²) in [4.78, 5) is 11.4. The van der Waals surface area contributed by atoms with Crippen molar-refractivity contribution in [1.29, 1.82) is 0 Å². The minimum atomic E-state index is -2.61. The van der Waals surface area contributed by atoms with Crippen LogP contribution >= 0.6 is 0 Å². The molecule has 0 radical (unpaired) electrons. The third kappa shape index (κ3) is 4.76. The highest BCUT2D eigenvalue weighted by molar-refractivity contribution is 5.86. The molecule has 44 heavy (non-hydrogen) atoms. The Hall–Kier alpha value is -3.54. The third-order valence-electron chi connectivity index (χ3n) is 9.94. The lowest BCUT2D eigenvalue weighted by Crippen LogP contribution is -2.44. The summed E-state index contributed by atoms with van der Waals surface area (Å²) >= 11 is 0. The van der Waals surface area contributed by atoms with Crippen LogP contribution in [-0.4, -0.2) is 83.6 Å². The zero-order valence-electron chi connectivity index (χ0n) is 25.3. The van der Waals surface area contributed by atoms with Crippen LogP contribution in [0.15, 0.2) is 36.8 Å². The Labute approximate surface area is 256 Å². The molecule has 0 atom stereocenters. The van der Waals surface area contributed by atoms with Crippen LogP contribution in [0.1, 0.15) is 54.1 Å². The van der Waals surface area contributed by atoms with E-state index in [1.165, 1.54) is 11.3 Å². The second kappa shape index (κ2) is 11.4. The maximum atomic E-state index is 15.0. The van der Waals surface area contributed by atoms with Crippen LogP contribution in [0.2, 0.25) is 0 Å². The highest BCUT2D eigenvalue weighted by Crippen LogP contribution is 2.44. The number of alkyl halides is 2. The molecule has 2 fully saturated rings. The largest absolute Gasteiger partial charge is 0.381 e. The lowest BCUT2D eigenvalue weighted by molar-refractivity contribution is 0.0651. The topological polar surface area (TPSA) is 66.1 Å². The van der Waals surface area contributed by atoms with E-state index in [2.05, 4.69) is 41.1 Å². The lowest BCUT2D eigenvalue weighted by Gasteiger charge is -2.33. The Morgan fingerprint density at radius 2 is 1.84 bits per heavy atom. The standard InChI is InChI=1S/C33H40F2N8O/c1-39-11-5-28-27(21-39)33(38-43(28)23-6-15-44-16-7-23)42-10-2-3-22-17-25(26(32(34)35)18-29(22)42)24-4-12-41-30(24)19-37-20-31(41)40-13-8-36-9-14-40/h4,12,17-20,23,32,36H,2-3,5-11,13-16,21H2,1H3. The summed E-state index contributed by atoms with van der Waals surface area (Å²) in [5.74, 6) is 1.93. The average Bonchev–Trinajstić information content (AvgIpc) is 3.66. The van der Waals surface area contributed by atoms with E-state index < -0.39 is 6.43 Å². The van der Waals surface area contributed by atoms with Crippen molar-refractivity contribution in [2.75, 3.05) is 69.3 Å². The molecule has 232 valence electrons. The Morgan fingerprint density at radius 3 is 2.66 bits per heavy atom. The van der Waals surface area contributed by atoms with Gasteiger partial charge in [-0.25, -0.2) is 8.78 Å². The number of benzene rings is 1. The second-order valence-electron chi connectivity index (χ2n) is 12.6. The van der Waals surface area contributed by atoms with Crippen molar-refractivity contribution >= 4 is 22.8 Å². The van der Waals surface area contributed by atoms with E-state index >= 15 is 0 Å². The smallest absolute Gasteiger partial charge is 0.264 e. The first kappa shape index (κ1) is 28.0. The highest BCUT2D eigenvalue weighted by atomic mass is 19.3. The number of piperazine rings is 1. The molecule has 0 spiro atoms. The normalized spacial score (nSPS) is 20.0. The van der Waals surface area contributed by atoms with Gasteiger partial charge in [0.1, 0.15) is 5.82 Å². The molecule has 4 aromatic rings. The van der Waals surface area contributed by atoms with Gasteiger partial charge in [0.25, 0.3) is 6.43 Å². The van der Waals surface area contributed by atoms with Gasteiger partial charge in [-0.3, -0.25) is 9.67 Å². The summed E-state index contributed by atoms with van der Waals surface area (Å²) in [6.07, 6.45) is 7.71. The van der Waals surface area contributed by atoms with Gasteiger partial charge < -0.3 is 29.2 Å². The number of halogens is 2. The fourth-order valence-corrected chi connectivity index (χ4v) is 7.66. The predicted molar refractivity (Wildman–Crippen MR) is 167 cm³/mol. The molecule has 4 aliphatic heterocycles. The van der Waals surface area contributed by atoms with E-state index in [-0.39, 0.29) is 5.56 Å². The number of hydrogen-bond acceptors (Lipinski definition) is 7. The first-order valence-electron chi connectivity index (χ1n) is 16.1. The van der Waals surface area contributed by atoms with E-state index in [9.17, 15) is 8.78 Å². The van der Waals surface area contributed by atoms with Crippen LogP contribution in [-0.2, 0) is 24.1 Å². The van der Waals surface area contributed by atoms with E-state index in [0.29, 0.717) is 11.6 Å². The summed E-state index contributed by atoms with van der Waals surface area (Å²) in [7, 11) is 2.15. The van der Waals surface area contributed by atoms with Gasteiger partial charge in [0.2, 0.25) is 0 Å². The van der Waals surface area contributed by atoms with Gasteiger partial charge in [0.15, 0.2) is 5.82 Å². The van der Waals surface area contributed by atoms with Crippen molar-refractivity contribution < 1.29 is 13.5 Å². The number of nitrogens with one attached hydrogen (secondary N) is 1. The molecule has 9 nitrogen and oxygen atoms in total. The first-order chi connectivity index (χ1) is 21.6. The summed E-state index contributed by atoms with van der Waals surface area (Å²) in [5.41, 5.74) is 6.81. The van der Waals surface area contributed by atoms with Gasteiger partial charge in [-0.1, -0.05) is 0 Å². The fraction of sp³-hybridized carbons (Fsp3) is 0.515. The van der Waals surface area contributed by atoms with Crippen molar-refractivity contribution in [3.63, 3.8) is 0 Å². The molecule has 2 saturated heterocycles. The maximum Gasteiger partial charge on any atom is 0.264 e. The molecule has 0 aliphatic carbocycles. The number of likely N-dealkylation sites (N-methyl/N-ethyl adjacent to an activating group) is 1. The molecular formula is C33H40F2N8O. The van der Waals surface area contributed by atoms with Crippen molar-refractivity contribution in [3.05, 3.63) is 59.2 Å². The van der Waals surface area contributed by atoms with Crippen LogP contribution in [0.3, 0.4) is 0 Å². The number of aryl methyl sites for hydroxylation is 1. The van der Waals surface area contributed by atoms with Gasteiger partial charge in [0.05, 0.1) is 24.0 Å². The van der Waals surface area contributed by atoms with Crippen LogP contribution in [0.5, 0.6) is 0 Å². The summed E-state index contributed by atoms with van der Waals surface area (Å²) in [6, 6.07) is 6.06. The second-order valence-corrected chi connectivity index (χ2v) is 12.6. The average molecular weight is 603 g/mol. The van der Waals surface area contributed by atoms with E-state index in [0.717, 1.165) is 125 Å². The van der Waals surface area contributed by atoms with Crippen molar-refractivity contribution in [2.45, 2.75) is 51.1 Å². The Bertz CT molecular complexity index is 1670. The molecule has 1 N–H and O–H groups in total. The molecule has 0 amide bonds. The highest BCUT2D eigenvalue weighted by Gasteiger charge is 2.33. The zero-order valence-corrected chi connectivity index (χ0v) is 25.3. The van der Waals surface area contributed by atoms with Gasteiger partial charge in [0, 0.05) is 99.7 Å². The van der Waals surface area contributed by atoms with E-state index in [1.54, 1.807) is 12.3 Å². The minimum absolute atomic E-state index is 0.0613. The van der Waals surface area contributed by atoms with Crippen molar-refractivity contribution in [2.24, 2.45) is 0 Å². The Kier molecular flexibility index (Phi) is 7.27. The van der Waals surface area contributed by atoms with Crippen LogP contribution in [0.4, 0.5) is 26.1 Å². The number of rotatable bonds is 5. The van der Waals surface area contributed by atoms with E-state index in [1.807, 2.05) is 24.5 Å². The minimum Gasteiger partial charge on any atom is -0.381 e. The van der Waals surface area contributed by atoms with Gasteiger partial charge in [-0.05, 0) is 62.1 Å². The monoisotopic (exact) mass is 602 g/mol. The summed E-state index contributed by atoms with van der Waals surface area (Å²) < 4.78 is 39.9. The number of fused-ring (bicyclic) bond motifs is 3. The predicted octanol–water partition coefficient (Wildman–Crippen LogP) is 4.97. The molecule has 1 aromatic carbocycles. The van der Waals surface area contributed by atoms with Crippen molar-refractivity contribution in [3.8, 4) is 11.1 Å². The number of nitrogens with zero attached hydrogens (tertiary/aromatic N) is 7. The van der Waals surface area contributed by atoms with Crippen LogP contribution in [0, 0.1) is 0 Å². The van der Waals surface area contributed by atoms with Crippen LogP contribution in [0.25, 0.3) is 16.6 Å². The van der Waals surface area contributed by atoms with E-state index in [4.69, 9.17) is 9.84 Å². The quantitative estimate of drug-likeness (QED) is 0.346. The number of aromatic nitrogens is 4. The SMILES string of the molecule is CN1CCc2c(c(N3CCCc4cc(-c5ccn6c(N7CCNCC7)cncc56)c(C(F)F)cc43)nn2C2CCOCC2)C1. The lowest BCUT2D eigenvalue weighted by atomic mass is 9.92. The Balaban J connectivity index is 1.22. The maximum absolute atomic E-state index is 15.0.